The van der Waals surface area contributed by atoms with Crippen LogP contribution in [0.5, 0.6) is 0 Å². The van der Waals surface area contributed by atoms with Crippen molar-refractivity contribution in [2.24, 2.45) is 13.0 Å². The molecule has 1 saturated heterocycles. The minimum atomic E-state index is -0.117. The molecule has 0 spiro atoms. The predicted molar refractivity (Wildman–Crippen MR) is 104 cm³/mol. The molecule has 138 valence electrons. The SMILES string of the molecule is Cn1ncc(N2CC[C@H](CNC(=O)c3cccc4ncccc34)C2)cc1=O. The predicted octanol–water partition coefficient (Wildman–Crippen LogP) is 1.58. The second-order valence-electron chi connectivity index (χ2n) is 6.86. The highest BCUT2D eigenvalue weighted by Crippen LogP contribution is 2.22. The molecule has 0 radical (unpaired) electrons. The fourth-order valence-corrected chi connectivity index (χ4v) is 3.50. The second-order valence-corrected chi connectivity index (χ2v) is 6.86. The van der Waals surface area contributed by atoms with Gasteiger partial charge >= 0.3 is 0 Å². The zero-order chi connectivity index (χ0) is 18.8. The molecule has 0 saturated carbocycles. The lowest BCUT2D eigenvalue weighted by Gasteiger charge is -2.18. The lowest BCUT2D eigenvalue weighted by atomic mass is 10.1. The number of aromatic nitrogens is 3. The summed E-state index contributed by atoms with van der Waals surface area (Å²) in [5.74, 6) is 0.258. The van der Waals surface area contributed by atoms with Crippen molar-refractivity contribution in [3.8, 4) is 0 Å². The van der Waals surface area contributed by atoms with Crippen LogP contribution in [0.25, 0.3) is 10.9 Å². The normalized spacial score (nSPS) is 16.6. The Morgan fingerprint density at radius 3 is 3.04 bits per heavy atom. The molecule has 0 aliphatic carbocycles. The van der Waals surface area contributed by atoms with Crippen molar-refractivity contribution in [3.63, 3.8) is 0 Å². The number of fused-ring (bicyclic) bond motifs is 1. The molecular weight excluding hydrogens is 342 g/mol. The van der Waals surface area contributed by atoms with Crippen LogP contribution in [0.4, 0.5) is 5.69 Å². The molecular formula is C20H21N5O2. The molecule has 27 heavy (non-hydrogen) atoms. The smallest absolute Gasteiger partial charge is 0.268 e. The Kier molecular flexibility index (Phi) is 4.58. The van der Waals surface area contributed by atoms with E-state index in [1.807, 2.05) is 30.3 Å². The van der Waals surface area contributed by atoms with Gasteiger partial charge in [0.1, 0.15) is 0 Å². The Labute approximate surface area is 156 Å². The highest BCUT2D eigenvalue weighted by atomic mass is 16.1. The van der Waals surface area contributed by atoms with Crippen LogP contribution in [0, 0.1) is 5.92 Å². The van der Waals surface area contributed by atoms with Gasteiger partial charge in [-0.15, -0.1) is 0 Å². The van der Waals surface area contributed by atoms with Crippen LogP contribution in [0.2, 0.25) is 0 Å². The Morgan fingerprint density at radius 2 is 2.19 bits per heavy atom. The second kappa shape index (κ2) is 7.19. The molecule has 0 bridgehead atoms. The third-order valence-electron chi connectivity index (χ3n) is 5.05. The topological polar surface area (TPSA) is 80.1 Å². The summed E-state index contributed by atoms with van der Waals surface area (Å²) < 4.78 is 1.32. The van der Waals surface area contributed by atoms with Gasteiger partial charge in [0, 0.05) is 49.9 Å². The minimum Gasteiger partial charge on any atom is -0.370 e. The quantitative estimate of drug-likeness (QED) is 0.761. The number of hydrogen-bond donors (Lipinski definition) is 1. The van der Waals surface area contributed by atoms with Crippen LogP contribution in [0.1, 0.15) is 16.8 Å². The lowest BCUT2D eigenvalue weighted by molar-refractivity contribution is 0.0950. The number of amides is 1. The molecule has 1 atom stereocenters. The van der Waals surface area contributed by atoms with E-state index in [1.165, 1.54) is 4.68 Å². The molecule has 1 aromatic carbocycles. The van der Waals surface area contributed by atoms with Crippen LogP contribution < -0.4 is 15.8 Å². The van der Waals surface area contributed by atoms with E-state index in [0.717, 1.165) is 36.1 Å². The van der Waals surface area contributed by atoms with Crippen molar-refractivity contribution in [1.29, 1.82) is 0 Å². The largest absolute Gasteiger partial charge is 0.370 e. The van der Waals surface area contributed by atoms with Gasteiger partial charge in [0.25, 0.3) is 11.5 Å². The monoisotopic (exact) mass is 363 g/mol. The number of rotatable bonds is 4. The fourth-order valence-electron chi connectivity index (χ4n) is 3.50. The van der Waals surface area contributed by atoms with Crippen molar-refractivity contribution in [2.75, 3.05) is 24.5 Å². The van der Waals surface area contributed by atoms with Crippen molar-refractivity contribution in [1.82, 2.24) is 20.1 Å². The van der Waals surface area contributed by atoms with Gasteiger partial charge in [-0.1, -0.05) is 12.1 Å². The molecule has 1 fully saturated rings. The minimum absolute atomic E-state index is 0.0812. The van der Waals surface area contributed by atoms with Crippen molar-refractivity contribution < 1.29 is 4.79 Å². The van der Waals surface area contributed by atoms with Gasteiger partial charge in [0.05, 0.1) is 17.4 Å². The van der Waals surface area contributed by atoms with Crippen molar-refractivity contribution >= 4 is 22.5 Å². The molecule has 4 rings (SSSR count). The first-order valence-corrected chi connectivity index (χ1v) is 9.02. The maximum atomic E-state index is 12.6. The summed E-state index contributed by atoms with van der Waals surface area (Å²) in [7, 11) is 1.64. The highest BCUT2D eigenvalue weighted by molar-refractivity contribution is 6.06. The van der Waals surface area contributed by atoms with E-state index in [1.54, 1.807) is 25.5 Å². The standard InChI is InChI=1S/C20H21N5O2/c1-24-19(26)10-15(12-23-24)25-9-7-14(13-25)11-22-20(27)17-4-2-6-18-16(17)5-3-8-21-18/h2-6,8,10,12,14H,7,9,11,13H2,1H3,(H,22,27)/t14-/m1/s1. The number of nitrogens with zero attached hydrogens (tertiary/aromatic N) is 4. The first kappa shape index (κ1) is 17.2. The van der Waals surface area contributed by atoms with Crippen molar-refractivity contribution in [2.45, 2.75) is 6.42 Å². The first-order chi connectivity index (χ1) is 13.1. The van der Waals surface area contributed by atoms with Crippen molar-refractivity contribution in [3.05, 3.63) is 64.7 Å². The maximum absolute atomic E-state index is 12.6. The molecule has 3 heterocycles. The average Bonchev–Trinajstić information content (AvgIpc) is 3.17. The number of hydrogen-bond acceptors (Lipinski definition) is 5. The van der Waals surface area contributed by atoms with Crippen LogP contribution in [0.3, 0.4) is 0 Å². The van der Waals surface area contributed by atoms with Gasteiger partial charge in [0.15, 0.2) is 0 Å². The summed E-state index contributed by atoms with van der Waals surface area (Å²) in [4.78, 5) is 30.9. The molecule has 1 aliphatic heterocycles. The summed E-state index contributed by atoms with van der Waals surface area (Å²) in [5, 5.41) is 7.99. The molecule has 7 heteroatoms. The summed E-state index contributed by atoms with van der Waals surface area (Å²) in [5.41, 5.74) is 2.18. The van der Waals surface area contributed by atoms with Gasteiger partial charge in [0.2, 0.25) is 0 Å². The Bertz CT molecular complexity index is 1040. The highest BCUT2D eigenvalue weighted by Gasteiger charge is 2.24. The first-order valence-electron chi connectivity index (χ1n) is 9.02. The number of aryl methyl sites for hydroxylation is 1. The number of benzene rings is 1. The molecule has 0 unspecified atom stereocenters. The Balaban J connectivity index is 1.40. The van der Waals surface area contributed by atoms with E-state index in [-0.39, 0.29) is 11.5 Å². The molecule has 1 N–H and O–H groups in total. The van der Waals surface area contributed by atoms with E-state index >= 15 is 0 Å². The van der Waals surface area contributed by atoms with Gasteiger partial charge in [-0.25, -0.2) is 4.68 Å². The third kappa shape index (κ3) is 3.53. The van der Waals surface area contributed by atoms with Gasteiger partial charge in [-0.05, 0) is 30.5 Å². The zero-order valence-electron chi connectivity index (χ0n) is 15.1. The van der Waals surface area contributed by atoms with Crippen LogP contribution in [-0.2, 0) is 7.05 Å². The maximum Gasteiger partial charge on any atom is 0.268 e. The number of carbonyl (C=O) groups is 1. The molecule has 2 aromatic heterocycles. The zero-order valence-corrected chi connectivity index (χ0v) is 15.1. The molecule has 1 amide bonds. The third-order valence-corrected chi connectivity index (χ3v) is 5.05. The van der Waals surface area contributed by atoms with Crippen LogP contribution in [0.15, 0.2) is 53.6 Å². The molecule has 3 aromatic rings. The van der Waals surface area contributed by atoms with Gasteiger partial charge in [-0.2, -0.15) is 5.10 Å². The number of anilines is 1. The number of pyridine rings is 1. The fraction of sp³-hybridized carbons (Fsp3) is 0.300. The number of nitrogens with one attached hydrogen (secondary N) is 1. The summed E-state index contributed by atoms with van der Waals surface area (Å²) >= 11 is 0. The average molecular weight is 363 g/mol. The number of carbonyl (C=O) groups excluding carboxylic acids is 1. The summed E-state index contributed by atoms with van der Waals surface area (Å²) in [6.45, 7) is 2.25. The molecule has 1 aliphatic rings. The van der Waals surface area contributed by atoms with E-state index in [9.17, 15) is 9.59 Å². The Morgan fingerprint density at radius 1 is 1.30 bits per heavy atom. The Hall–Kier alpha value is -3.22. The summed E-state index contributed by atoms with van der Waals surface area (Å²) in [6.07, 6.45) is 4.40. The van der Waals surface area contributed by atoms with Crippen LogP contribution >= 0.6 is 0 Å². The van der Waals surface area contributed by atoms with Gasteiger partial charge in [-0.3, -0.25) is 14.6 Å². The van der Waals surface area contributed by atoms with E-state index in [0.29, 0.717) is 18.0 Å². The molecule has 7 nitrogen and oxygen atoms in total. The van der Waals surface area contributed by atoms with Crippen LogP contribution in [-0.4, -0.2) is 40.3 Å². The van der Waals surface area contributed by atoms with E-state index in [4.69, 9.17) is 0 Å². The lowest BCUT2D eigenvalue weighted by Crippen LogP contribution is -2.31. The van der Waals surface area contributed by atoms with E-state index < -0.39 is 0 Å². The summed E-state index contributed by atoms with van der Waals surface area (Å²) in [6, 6.07) is 10.9. The van der Waals surface area contributed by atoms with Gasteiger partial charge < -0.3 is 10.2 Å². The van der Waals surface area contributed by atoms with E-state index in [2.05, 4.69) is 20.3 Å².